The molecule has 1 saturated heterocycles. The Labute approximate surface area is 182 Å². The number of thioether (sulfide) groups is 1. The molecule has 0 aliphatic carbocycles. The summed E-state index contributed by atoms with van der Waals surface area (Å²) in [5.41, 5.74) is 0.721. The Morgan fingerprint density at radius 3 is 2.59 bits per heavy atom. The molecule has 3 aromatic rings. The lowest BCUT2D eigenvalue weighted by atomic mass is 10.2. The van der Waals surface area contributed by atoms with E-state index in [0.717, 1.165) is 21.4 Å². The smallest absolute Gasteiger partial charge is 0.270 e. The van der Waals surface area contributed by atoms with E-state index in [0.29, 0.717) is 21.6 Å². The van der Waals surface area contributed by atoms with Gasteiger partial charge in [-0.3, -0.25) is 9.69 Å². The maximum absolute atomic E-state index is 12.9. The molecular formula is C22H17NO3S3. The summed E-state index contributed by atoms with van der Waals surface area (Å²) in [6.07, 6.45) is 1.74. The number of thiocarbonyl (C=S) groups is 1. The number of hydrogen-bond donors (Lipinski definition) is 0. The summed E-state index contributed by atoms with van der Waals surface area (Å²) >= 11 is 8.23. The first kappa shape index (κ1) is 19.8. The molecule has 1 fully saturated rings. The Morgan fingerprint density at radius 2 is 1.86 bits per heavy atom. The van der Waals surface area contributed by atoms with Gasteiger partial charge in [0.15, 0.2) is 9.41 Å². The zero-order chi connectivity index (χ0) is 20.2. The first-order valence-corrected chi connectivity index (χ1v) is 11.0. The lowest BCUT2D eigenvalue weighted by molar-refractivity contribution is -0.113. The topological polar surface area (TPSA) is 42.7 Å². The van der Waals surface area contributed by atoms with Crippen LogP contribution in [0.3, 0.4) is 0 Å². The number of ether oxygens (including phenoxy) is 1. The molecule has 7 heteroatoms. The van der Waals surface area contributed by atoms with Crippen LogP contribution in [0.25, 0.3) is 6.08 Å². The maximum Gasteiger partial charge on any atom is 0.270 e. The molecule has 4 nitrogen and oxygen atoms in total. The number of amides is 1. The fourth-order valence-corrected chi connectivity index (χ4v) is 4.83. The van der Waals surface area contributed by atoms with Crippen molar-refractivity contribution in [3.05, 3.63) is 77.4 Å². The molecule has 2 heterocycles. The minimum Gasteiger partial charge on any atom is -0.494 e. The normalized spacial score (nSPS) is 15.3. The van der Waals surface area contributed by atoms with Crippen LogP contribution in [0, 0.1) is 0 Å². The standard InChI is InChI=1S/C22H17NO3S3/c1-2-25-16-10-8-15(9-11-16)23-21(24)19(29-22(23)27)14-17-12-13-20(26-17)28-18-6-4-3-5-7-18/h3-14H,2H2,1H3/b19-14-. The molecule has 1 aliphatic rings. The van der Waals surface area contributed by atoms with Crippen LogP contribution in [0.4, 0.5) is 5.69 Å². The lowest BCUT2D eigenvalue weighted by Crippen LogP contribution is -2.27. The summed E-state index contributed by atoms with van der Waals surface area (Å²) in [7, 11) is 0. The quantitative estimate of drug-likeness (QED) is 0.335. The van der Waals surface area contributed by atoms with Crippen molar-refractivity contribution in [1.29, 1.82) is 0 Å². The molecule has 1 aromatic heterocycles. The Balaban J connectivity index is 1.50. The van der Waals surface area contributed by atoms with Crippen LogP contribution in [0.5, 0.6) is 5.75 Å². The monoisotopic (exact) mass is 439 g/mol. The summed E-state index contributed by atoms with van der Waals surface area (Å²) in [5.74, 6) is 1.23. The summed E-state index contributed by atoms with van der Waals surface area (Å²) in [6, 6.07) is 21.1. The van der Waals surface area contributed by atoms with Gasteiger partial charge >= 0.3 is 0 Å². The Kier molecular flexibility index (Phi) is 6.08. The zero-order valence-electron chi connectivity index (χ0n) is 15.5. The van der Waals surface area contributed by atoms with E-state index in [2.05, 4.69) is 0 Å². The molecule has 0 bridgehead atoms. The van der Waals surface area contributed by atoms with Gasteiger partial charge in [0.2, 0.25) is 0 Å². The van der Waals surface area contributed by atoms with E-state index >= 15 is 0 Å². The van der Waals surface area contributed by atoms with E-state index < -0.39 is 0 Å². The van der Waals surface area contributed by atoms with Crippen LogP contribution in [-0.2, 0) is 4.79 Å². The van der Waals surface area contributed by atoms with Crippen LogP contribution in [-0.4, -0.2) is 16.8 Å². The van der Waals surface area contributed by atoms with Gasteiger partial charge in [-0.2, -0.15) is 0 Å². The van der Waals surface area contributed by atoms with E-state index in [4.69, 9.17) is 21.4 Å². The molecule has 0 atom stereocenters. The Bertz CT molecular complexity index is 1060. The fourth-order valence-electron chi connectivity index (χ4n) is 2.75. The van der Waals surface area contributed by atoms with Crippen molar-refractivity contribution < 1.29 is 13.9 Å². The SMILES string of the molecule is CCOc1ccc(N2C(=O)/C(=C/c3ccc(Sc4ccccc4)o3)SC2=S)cc1. The van der Waals surface area contributed by atoms with Crippen LogP contribution in [0.2, 0.25) is 0 Å². The highest BCUT2D eigenvalue weighted by atomic mass is 32.2. The van der Waals surface area contributed by atoms with Gasteiger partial charge in [0.05, 0.1) is 17.2 Å². The molecule has 0 spiro atoms. The fraction of sp³-hybridized carbons (Fsp3) is 0.0909. The minimum absolute atomic E-state index is 0.155. The van der Waals surface area contributed by atoms with Crippen LogP contribution >= 0.6 is 35.7 Å². The first-order chi connectivity index (χ1) is 14.1. The maximum atomic E-state index is 12.9. The molecule has 0 saturated carbocycles. The van der Waals surface area contributed by atoms with E-state index in [1.54, 1.807) is 6.08 Å². The van der Waals surface area contributed by atoms with Crippen LogP contribution < -0.4 is 9.64 Å². The summed E-state index contributed by atoms with van der Waals surface area (Å²) in [5, 5.41) is 0.768. The van der Waals surface area contributed by atoms with E-state index in [-0.39, 0.29) is 5.91 Å². The zero-order valence-corrected chi connectivity index (χ0v) is 18.0. The second-order valence-corrected chi connectivity index (χ2v) is 8.77. The first-order valence-electron chi connectivity index (χ1n) is 8.97. The number of anilines is 1. The van der Waals surface area contributed by atoms with Crippen molar-refractivity contribution in [1.82, 2.24) is 0 Å². The highest BCUT2D eigenvalue weighted by molar-refractivity contribution is 8.27. The van der Waals surface area contributed by atoms with Gasteiger partial charge < -0.3 is 9.15 Å². The Hall–Kier alpha value is -2.48. The van der Waals surface area contributed by atoms with Crippen LogP contribution in [0.1, 0.15) is 12.7 Å². The van der Waals surface area contributed by atoms with Gasteiger partial charge in [0, 0.05) is 11.0 Å². The average Bonchev–Trinajstić information content (AvgIpc) is 3.27. The molecule has 2 aromatic carbocycles. The second kappa shape index (κ2) is 8.90. The van der Waals surface area contributed by atoms with Gasteiger partial charge in [-0.1, -0.05) is 53.9 Å². The van der Waals surface area contributed by atoms with Crippen molar-refractivity contribution in [2.75, 3.05) is 11.5 Å². The summed E-state index contributed by atoms with van der Waals surface area (Å²) < 4.78 is 11.8. The largest absolute Gasteiger partial charge is 0.494 e. The van der Waals surface area contributed by atoms with Crippen molar-refractivity contribution in [3.63, 3.8) is 0 Å². The minimum atomic E-state index is -0.155. The number of benzene rings is 2. The van der Waals surface area contributed by atoms with Gasteiger partial charge in [-0.05, 0) is 55.5 Å². The van der Waals surface area contributed by atoms with Crippen molar-refractivity contribution in [3.8, 4) is 5.75 Å². The lowest BCUT2D eigenvalue weighted by Gasteiger charge is -2.15. The van der Waals surface area contributed by atoms with Crippen molar-refractivity contribution in [2.24, 2.45) is 0 Å². The van der Waals surface area contributed by atoms with Crippen LogP contribution in [0.15, 0.2) is 86.0 Å². The molecule has 0 N–H and O–H groups in total. The van der Waals surface area contributed by atoms with Gasteiger partial charge in [0.1, 0.15) is 11.5 Å². The average molecular weight is 440 g/mol. The molecule has 0 unspecified atom stereocenters. The van der Waals surface area contributed by atoms with E-state index in [1.807, 2.05) is 73.7 Å². The molecule has 29 heavy (non-hydrogen) atoms. The number of carbonyl (C=O) groups is 1. The highest BCUT2D eigenvalue weighted by Crippen LogP contribution is 2.37. The van der Waals surface area contributed by atoms with Crippen molar-refractivity contribution in [2.45, 2.75) is 16.9 Å². The highest BCUT2D eigenvalue weighted by Gasteiger charge is 2.33. The molecule has 1 amide bonds. The number of carbonyl (C=O) groups excluding carboxylic acids is 1. The third kappa shape index (κ3) is 4.58. The summed E-state index contributed by atoms with van der Waals surface area (Å²) in [4.78, 5) is 16.1. The molecule has 146 valence electrons. The predicted octanol–water partition coefficient (Wildman–Crippen LogP) is 6.24. The Morgan fingerprint density at radius 1 is 1.10 bits per heavy atom. The predicted molar refractivity (Wildman–Crippen MR) is 123 cm³/mol. The molecule has 1 aliphatic heterocycles. The molecule has 4 rings (SSSR count). The second-order valence-electron chi connectivity index (χ2n) is 6.02. The summed E-state index contributed by atoms with van der Waals surface area (Å²) in [6.45, 7) is 2.52. The number of hydrogen-bond acceptors (Lipinski definition) is 6. The van der Waals surface area contributed by atoms with Gasteiger partial charge in [-0.25, -0.2) is 0 Å². The molecular weight excluding hydrogens is 422 g/mol. The number of rotatable bonds is 6. The third-order valence-corrected chi connectivity index (χ3v) is 6.27. The van der Waals surface area contributed by atoms with E-state index in [9.17, 15) is 4.79 Å². The van der Waals surface area contributed by atoms with E-state index in [1.165, 1.54) is 28.4 Å². The molecule has 0 radical (unpaired) electrons. The third-order valence-electron chi connectivity index (χ3n) is 4.04. The van der Waals surface area contributed by atoms with Gasteiger partial charge in [0.25, 0.3) is 5.91 Å². The number of nitrogens with zero attached hydrogens (tertiary/aromatic N) is 1. The van der Waals surface area contributed by atoms with Crippen molar-refractivity contribution >= 4 is 57.7 Å². The number of furan rings is 1. The van der Waals surface area contributed by atoms with Gasteiger partial charge in [-0.15, -0.1) is 0 Å².